The Balaban J connectivity index is 2.19. The van der Waals surface area contributed by atoms with Crippen molar-refractivity contribution < 1.29 is 14.4 Å². The summed E-state index contributed by atoms with van der Waals surface area (Å²) in [6.45, 7) is 3.61. The van der Waals surface area contributed by atoms with Crippen LogP contribution in [0.25, 0.3) is 0 Å². The van der Waals surface area contributed by atoms with Gasteiger partial charge < -0.3 is 14.8 Å². The van der Waals surface area contributed by atoms with Crippen molar-refractivity contribution in [2.45, 2.75) is 19.4 Å². The molecule has 1 fully saturated rings. The van der Waals surface area contributed by atoms with E-state index in [2.05, 4.69) is 5.32 Å². The molecule has 1 heterocycles. The second kappa shape index (κ2) is 5.68. The summed E-state index contributed by atoms with van der Waals surface area (Å²) in [6, 6.07) is 5.00. The Morgan fingerprint density at radius 1 is 1.61 bits per heavy atom. The number of rotatable bonds is 5. The number of nitrogens with one attached hydrogen (secondary N) is 1. The van der Waals surface area contributed by atoms with Crippen LogP contribution in [0, 0.1) is 10.1 Å². The van der Waals surface area contributed by atoms with Gasteiger partial charge in [0.1, 0.15) is 11.4 Å². The van der Waals surface area contributed by atoms with Crippen molar-refractivity contribution in [3.8, 4) is 5.75 Å². The summed E-state index contributed by atoms with van der Waals surface area (Å²) < 4.78 is 10.5. The number of nitro benzene ring substituents is 1. The molecule has 0 amide bonds. The number of hydrogen-bond donors (Lipinski definition) is 1. The Labute approximate surface area is 105 Å². The number of benzene rings is 1. The van der Waals surface area contributed by atoms with Crippen LogP contribution < -0.4 is 10.1 Å². The number of nitrogens with zero attached hydrogens (tertiary/aromatic N) is 1. The predicted octanol–water partition coefficient (Wildman–Crippen LogP) is 2.19. The summed E-state index contributed by atoms with van der Waals surface area (Å²) in [6.07, 6.45) is 0.865. The van der Waals surface area contributed by atoms with Crippen LogP contribution in [-0.4, -0.2) is 30.8 Å². The highest BCUT2D eigenvalue weighted by Gasteiger charge is 2.21. The van der Waals surface area contributed by atoms with Gasteiger partial charge in [-0.1, -0.05) is 0 Å². The van der Waals surface area contributed by atoms with Crippen LogP contribution in [0.15, 0.2) is 18.2 Å². The van der Waals surface area contributed by atoms with Gasteiger partial charge in [-0.3, -0.25) is 10.1 Å². The third kappa shape index (κ3) is 2.89. The van der Waals surface area contributed by atoms with Crippen LogP contribution in [0.4, 0.5) is 11.4 Å². The van der Waals surface area contributed by atoms with E-state index in [9.17, 15) is 10.1 Å². The number of hydrogen-bond acceptors (Lipinski definition) is 5. The van der Waals surface area contributed by atoms with Crippen molar-refractivity contribution in [3.63, 3.8) is 0 Å². The van der Waals surface area contributed by atoms with E-state index in [-0.39, 0.29) is 11.7 Å². The zero-order valence-corrected chi connectivity index (χ0v) is 10.2. The van der Waals surface area contributed by atoms with E-state index in [4.69, 9.17) is 9.47 Å². The lowest BCUT2D eigenvalue weighted by atomic mass is 10.2. The molecule has 1 aliphatic heterocycles. The predicted molar refractivity (Wildman–Crippen MR) is 67.1 cm³/mol. The maximum atomic E-state index is 11.0. The van der Waals surface area contributed by atoms with Gasteiger partial charge in [0.05, 0.1) is 30.2 Å². The highest BCUT2D eigenvalue weighted by Crippen LogP contribution is 2.30. The van der Waals surface area contributed by atoms with E-state index in [1.54, 1.807) is 12.1 Å². The maximum absolute atomic E-state index is 11.0. The van der Waals surface area contributed by atoms with Crippen molar-refractivity contribution in [2.75, 3.05) is 25.1 Å². The van der Waals surface area contributed by atoms with Gasteiger partial charge >= 0.3 is 0 Å². The topological polar surface area (TPSA) is 73.6 Å². The molecular weight excluding hydrogens is 236 g/mol. The molecule has 0 bridgehead atoms. The minimum Gasteiger partial charge on any atom is -0.494 e. The molecule has 0 saturated carbocycles. The first kappa shape index (κ1) is 12.6. The first-order valence-electron chi connectivity index (χ1n) is 5.96. The minimum atomic E-state index is -0.402. The highest BCUT2D eigenvalue weighted by molar-refractivity contribution is 5.64. The second-order valence-corrected chi connectivity index (χ2v) is 4.07. The molecule has 1 aromatic rings. The molecule has 1 aromatic carbocycles. The van der Waals surface area contributed by atoms with Crippen LogP contribution in [0.2, 0.25) is 0 Å². The van der Waals surface area contributed by atoms with E-state index >= 15 is 0 Å². The largest absolute Gasteiger partial charge is 0.494 e. The van der Waals surface area contributed by atoms with Crippen molar-refractivity contribution in [2.24, 2.45) is 0 Å². The van der Waals surface area contributed by atoms with E-state index in [1.807, 2.05) is 6.92 Å². The van der Waals surface area contributed by atoms with Gasteiger partial charge in [-0.25, -0.2) is 0 Å². The fourth-order valence-electron chi connectivity index (χ4n) is 1.91. The summed E-state index contributed by atoms with van der Waals surface area (Å²) in [5, 5.41) is 14.2. The van der Waals surface area contributed by atoms with E-state index < -0.39 is 4.92 Å². The fourth-order valence-corrected chi connectivity index (χ4v) is 1.91. The molecule has 2 rings (SSSR count). The molecule has 1 unspecified atom stereocenters. The first-order valence-corrected chi connectivity index (χ1v) is 5.96. The van der Waals surface area contributed by atoms with Gasteiger partial charge in [0.2, 0.25) is 0 Å². The second-order valence-electron chi connectivity index (χ2n) is 4.07. The Kier molecular flexibility index (Phi) is 3.99. The van der Waals surface area contributed by atoms with Gasteiger partial charge in [-0.2, -0.15) is 0 Å². The Bertz CT molecular complexity index is 430. The number of ether oxygens (including phenoxy) is 2. The average Bonchev–Trinajstić information content (AvgIpc) is 2.84. The third-order valence-corrected chi connectivity index (χ3v) is 2.77. The summed E-state index contributed by atoms with van der Waals surface area (Å²) in [4.78, 5) is 10.6. The molecule has 1 atom stereocenters. The lowest BCUT2D eigenvalue weighted by Crippen LogP contribution is -2.19. The smallest absolute Gasteiger partial charge is 0.296 e. The van der Waals surface area contributed by atoms with E-state index in [1.165, 1.54) is 6.07 Å². The summed E-state index contributed by atoms with van der Waals surface area (Å²) in [5.41, 5.74) is 0.548. The molecule has 1 aliphatic rings. The van der Waals surface area contributed by atoms with Crippen LogP contribution >= 0.6 is 0 Å². The van der Waals surface area contributed by atoms with Gasteiger partial charge in [0.15, 0.2) is 0 Å². The molecule has 98 valence electrons. The molecular formula is C12H16N2O4. The molecule has 0 aliphatic carbocycles. The van der Waals surface area contributed by atoms with Gasteiger partial charge in [-0.15, -0.1) is 0 Å². The highest BCUT2D eigenvalue weighted by atomic mass is 16.6. The lowest BCUT2D eigenvalue weighted by molar-refractivity contribution is -0.384. The van der Waals surface area contributed by atoms with E-state index in [0.717, 1.165) is 6.42 Å². The van der Waals surface area contributed by atoms with Crippen LogP contribution in [-0.2, 0) is 4.74 Å². The molecule has 1 N–H and O–H groups in total. The average molecular weight is 252 g/mol. The molecule has 0 radical (unpaired) electrons. The van der Waals surface area contributed by atoms with Gasteiger partial charge in [0, 0.05) is 6.61 Å². The summed E-state index contributed by atoms with van der Waals surface area (Å²) in [5.74, 6) is 0.512. The van der Waals surface area contributed by atoms with Crippen molar-refractivity contribution in [1.82, 2.24) is 0 Å². The van der Waals surface area contributed by atoms with Crippen LogP contribution in [0.3, 0.4) is 0 Å². The number of nitro groups is 1. The summed E-state index contributed by atoms with van der Waals surface area (Å²) >= 11 is 0. The Hall–Kier alpha value is -1.82. The molecule has 6 nitrogen and oxygen atoms in total. The summed E-state index contributed by atoms with van der Waals surface area (Å²) in [7, 11) is 0. The Morgan fingerprint density at radius 2 is 2.44 bits per heavy atom. The number of anilines is 1. The molecule has 6 heteroatoms. The monoisotopic (exact) mass is 252 g/mol. The van der Waals surface area contributed by atoms with Gasteiger partial charge in [0.25, 0.3) is 5.69 Å². The quantitative estimate of drug-likeness (QED) is 0.642. The zero-order chi connectivity index (χ0) is 13.0. The standard InChI is InChI=1S/C12H16N2O4/c1-2-18-10-3-4-11(12(7-10)14(15)16)13-9-5-6-17-8-9/h3-4,7,9,13H,2,5-6,8H2,1H3. The van der Waals surface area contributed by atoms with Crippen molar-refractivity contribution >= 4 is 11.4 Å². The molecule has 18 heavy (non-hydrogen) atoms. The zero-order valence-electron chi connectivity index (χ0n) is 10.2. The van der Waals surface area contributed by atoms with Crippen LogP contribution in [0.5, 0.6) is 5.75 Å². The Morgan fingerprint density at radius 3 is 3.06 bits per heavy atom. The van der Waals surface area contributed by atoms with E-state index in [0.29, 0.717) is 31.3 Å². The minimum absolute atomic E-state index is 0.0350. The van der Waals surface area contributed by atoms with Gasteiger partial charge in [-0.05, 0) is 25.5 Å². The maximum Gasteiger partial charge on any atom is 0.296 e. The molecule has 0 aromatic heterocycles. The fraction of sp³-hybridized carbons (Fsp3) is 0.500. The first-order chi connectivity index (χ1) is 8.70. The lowest BCUT2D eigenvalue weighted by Gasteiger charge is -2.13. The normalized spacial score (nSPS) is 18.6. The molecule has 0 spiro atoms. The SMILES string of the molecule is CCOc1ccc(NC2CCOC2)c([N+](=O)[O-])c1. The van der Waals surface area contributed by atoms with Crippen molar-refractivity contribution in [3.05, 3.63) is 28.3 Å². The van der Waals surface area contributed by atoms with Crippen molar-refractivity contribution in [1.29, 1.82) is 0 Å². The molecule has 1 saturated heterocycles. The third-order valence-electron chi connectivity index (χ3n) is 2.77. The van der Waals surface area contributed by atoms with Crippen LogP contribution in [0.1, 0.15) is 13.3 Å².